The van der Waals surface area contributed by atoms with Crippen molar-refractivity contribution in [2.75, 3.05) is 0 Å². The lowest BCUT2D eigenvalue weighted by molar-refractivity contribution is 0.520. The molecule has 0 unspecified atom stereocenters. The molecule has 0 aliphatic carbocycles. The average molecular weight is 246 g/mol. The molecule has 0 heteroatoms. The van der Waals surface area contributed by atoms with Crippen molar-refractivity contribution in [1.29, 1.82) is 0 Å². The van der Waals surface area contributed by atoms with Crippen LogP contribution in [0.1, 0.15) is 76.8 Å². The van der Waals surface area contributed by atoms with Crippen molar-refractivity contribution in [2.24, 2.45) is 5.92 Å². The molecule has 0 radical (unpaired) electrons. The maximum Gasteiger partial charge on any atom is -0.0219 e. The Morgan fingerprint density at radius 2 is 1.39 bits per heavy atom. The maximum atomic E-state index is 2.32. The molecule has 1 aromatic rings. The van der Waals surface area contributed by atoms with Crippen molar-refractivity contribution < 1.29 is 0 Å². The highest BCUT2D eigenvalue weighted by Crippen LogP contribution is 2.16. The summed E-state index contributed by atoms with van der Waals surface area (Å²) in [7, 11) is 0. The third-order valence-electron chi connectivity index (χ3n) is 3.64. The van der Waals surface area contributed by atoms with Crippen molar-refractivity contribution >= 4 is 0 Å². The van der Waals surface area contributed by atoms with E-state index >= 15 is 0 Å². The summed E-state index contributed by atoms with van der Waals surface area (Å²) in [5.41, 5.74) is 2.96. The molecule has 0 saturated carbocycles. The van der Waals surface area contributed by atoms with E-state index in [-0.39, 0.29) is 0 Å². The van der Waals surface area contributed by atoms with Crippen molar-refractivity contribution in [1.82, 2.24) is 0 Å². The quantitative estimate of drug-likeness (QED) is 0.496. The minimum Gasteiger partial charge on any atom is -0.0628 e. The summed E-state index contributed by atoms with van der Waals surface area (Å²) >= 11 is 0. The van der Waals surface area contributed by atoms with E-state index in [1.54, 1.807) is 0 Å². The first kappa shape index (κ1) is 15.3. The second kappa shape index (κ2) is 8.34. The number of benzene rings is 1. The number of hydrogen-bond donors (Lipinski definition) is 0. The maximum absolute atomic E-state index is 2.32. The standard InChI is InChI=1S/C18H30/c1-15(2)9-7-5-6-8-10-17-11-13-18(14-12-17)16(3)4/h11-16H,5-10H2,1-4H3. The summed E-state index contributed by atoms with van der Waals surface area (Å²) in [5, 5.41) is 0. The molecule has 0 bridgehead atoms. The lowest BCUT2D eigenvalue weighted by Crippen LogP contribution is -1.91. The van der Waals surface area contributed by atoms with Crippen molar-refractivity contribution in [3.05, 3.63) is 35.4 Å². The number of unbranched alkanes of at least 4 members (excludes halogenated alkanes) is 3. The van der Waals surface area contributed by atoms with Crippen LogP contribution in [0, 0.1) is 5.92 Å². The molecule has 0 aliphatic rings. The lowest BCUT2D eigenvalue weighted by atomic mass is 9.99. The SMILES string of the molecule is CC(C)CCCCCCc1ccc(C(C)C)cc1. The Morgan fingerprint density at radius 3 is 1.94 bits per heavy atom. The zero-order valence-corrected chi connectivity index (χ0v) is 12.7. The highest BCUT2D eigenvalue weighted by atomic mass is 14.0. The largest absolute Gasteiger partial charge is 0.0628 e. The molecular weight excluding hydrogens is 216 g/mol. The normalized spacial score (nSPS) is 11.4. The third kappa shape index (κ3) is 6.23. The Labute approximate surface area is 114 Å². The molecular formula is C18H30. The van der Waals surface area contributed by atoms with Crippen LogP contribution in [-0.4, -0.2) is 0 Å². The van der Waals surface area contributed by atoms with Crippen molar-refractivity contribution in [2.45, 2.75) is 72.1 Å². The Balaban J connectivity index is 2.15. The summed E-state index contributed by atoms with van der Waals surface area (Å²) in [4.78, 5) is 0. The Bertz CT molecular complexity index is 305. The number of aryl methyl sites for hydroxylation is 1. The minimum absolute atomic E-state index is 0.648. The van der Waals surface area contributed by atoms with E-state index in [4.69, 9.17) is 0 Å². The molecule has 0 aromatic heterocycles. The van der Waals surface area contributed by atoms with Gasteiger partial charge in [-0.3, -0.25) is 0 Å². The zero-order valence-electron chi connectivity index (χ0n) is 12.7. The first-order valence-electron chi connectivity index (χ1n) is 7.68. The Hall–Kier alpha value is -0.780. The van der Waals surface area contributed by atoms with Gasteiger partial charge in [0.05, 0.1) is 0 Å². The molecule has 0 nitrogen and oxygen atoms in total. The van der Waals surface area contributed by atoms with E-state index in [2.05, 4.69) is 52.0 Å². The molecule has 0 N–H and O–H groups in total. The van der Waals surface area contributed by atoms with E-state index in [1.165, 1.54) is 49.7 Å². The Kier molecular flexibility index (Phi) is 7.08. The van der Waals surface area contributed by atoms with Crippen LogP contribution in [0.2, 0.25) is 0 Å². The summed E-state index contributed by atoms with van der Waals surface area (Å²) in [6.45, 7) is 9.14. The lowest BCUT2D eigenvalue weighted by Gasteiger charge is -2.07. The van der Waals surface area contributed by atoms with Gasteiger partial charge in [0.15, 0.2) is 0 Å². The smallest absolute Gasteiger partial charge is 0.0219 e. The molecule has 0 spiro atoms. The Morgan fingerprint density at radius 1 is 0.778 bits per heavy atom. The fourth-order valence-electron chi connectivity index (χ4n) is 2.30. The molecule has 0 aliphatic heterocycles. The van der Waals surface area contributed by atoms with Crippen LogP contribution < -0.4 is 0 Å². The van der Waals surface area contributed by atoms with Crippen LogP contribution in [-0.2, 0) is 6.42 Å². The molecule has 0 saturated heterocycles. The van der Waals surface area contributed by atoms with E-state index < -0.39 is 0 Å². The van der Waals surface area contributed by atoms with Crippen molar-refractivity contribution in [3.8, 4) is 0 Å². The van der Waals surface area contributed by atoms with E-state index in [9.17, 15) is 0 Å². The highest BCUT2D eigenvalue weighted by Gasteiger charge is 1.99. The number of rotatable bonds is 8. The van der Waals surface area contributed by atoms with Gasteiger partial charge in [-0.05, 0) is 35.8 Å². The molecule has 0 fully saturated rings. The molecule has 0 atom stereocenters. The van der Waals surface area contributed by atoms with Gasteiger partial charge in [0.25, 0.3) is 0 Å². The van der Waals surface area contributed by atoms with Crippen LogP contribution in [0.5, 0.6) is 0 Å². The van der Waals surface area contributed by atoms with Crippen LogP contribution >= 0.6 is 0 Å². The molecule has 18 heavy (non-hydrogen) atoms. The fourth-order valence-corrected chi connectivity index (χ4v) is 2.30. The molecule has 1 rings (SSSR count). The topological polar surface area (TPSA) is 0 Å². The first-order valence-corrected chi connectivity index (χ1v) is 7.68. The van der Waals surface area contributed by atoms with Crippen LogP contribution in [0.15, 0.2) is 24.3 Å². The second-order valence-electron chi connectivity index (χ2n) is 6.24. The van der Waals surface area contributed by atoms with E-state index in [0.29, 0.717) is 5.92 Å². The van der Waals surface area contributed by atoms with E-state index in [0.717, 1.165) is 5.92 Å². The van der Waals surface area contributed by atoms with Gasteiger partial charge in [0.1, 0.15) is 0 Å². The van der Waals surface area contributed by atoms with E-state index in [1.807, 2.05) is 0 Å². The third-order valence-corrected chi connectivity index (χ3v) is 3.64. The van der Waals surface area contributed by atoms with Gasteiger partial charge >= 0.3 is 0 Å². The number of hydrogen-bond acceptors (Lipinski definition) is 0. The van der Waals surface area contributed by atoms with Gasteiger partial charge in [-0.1, -0.05) is 77.6 Å². The second-order valence-corrected chi connectivity index (χ2v) is 6.24. The molecule has 0 amide bonds. The monoisotopic (exact) mass is 246 g/mol. The summed E-state index contributed by atoms with van der Waals surface area (Å²) < 4.78 is 0. The molecule has 102 valence electrons. The van der Waals surface area contributed by atoms with Gasteiger partial charge in [-0.2, -0.15) is 0 Å². The fraction of sp³-hybridized carbons (Fsp3) is 0.667. The van der Waals surface area contributed by atoms with Crippen molar-refractivity contribution in [3.63, 3.8) is 0 Å². The summed E-state index contributed by atoms with van der Waals surface area (Å²) in [5.74, 6) is 1.52. The zero-order chi connectivity index (χ0) is 13.4. The predicted molar refractivity (Wildman–Crippen MR) is 82.2 cm³/mol. The summed E-state index contributed by atoms with van der Waals surface area (Å²) in [6, 6.07) is 9.20. The van der Waals surface area contributed by atoms with Crippen LogP contribution in [0.25, 0.3) is 0 Å². The van der Waals surface area contributed by atoms with Gasteiger partial charge in [0.2, 0.25) is 0 Å². The van der Waals surface area contributed by atoms with Gasteiger partial charge in [-0.15, -0.1) is 0 Å². The first-order chi connectivity index (χ1) is 8.59. The van der Waals surface area contributed by atoms with Crippen LogP contribution in [0.3, 0.4) is 0 Å². The summed E-state index contributed by atoms with van der Waals surface area (Å²) in [6.07, 6.45) is 8.19. The molecule has 0 heterocycles. The molecule has 1 aromatic carbocycles. The average Bonchev–Trinajstić information content (AvgIpc) is 2.34. The van der Waals surface area contributed by atoms with Gasteiger partial charge in [-0.25, -0.2) is 0 Å². The van der Waals surface area contributed by atoms with Gasteiger partial charge in [0, 0.05) is 0 Å². The predicted octanol–water partition coefficient (Wildman–Crippen LogP) is 5.96. The highest BCUT2D eigenvalue weighted by molar-refractivity contribution is 5.24. The van der Waals surface area contributed by atoms with Crippen LogP contribution in [0.4, 0.5) is 0 Å². The minimum atomic E-state index is 0.648. The van der Waals surface area contributed by atoms with Gasteiger partial charge < -0.3 is 0 Å².